The van der Waals surface area contributed by atoms with Crippen molar-refractivity contribution in [2.45, 2.75) is 32.5 Å². The minimum absolute atomic E-state index is 0.0806. The highest BCUT2D eigenvalue weighted by Gasteiger charge is 2.14. The Bertz CT molecular complexity index is 1150. The molecule has 0 aliphatic rings. The maximum atomic E-state index is 12.3. The summed E-state index contributed by atoms with van der Waals surface area (Å²) in [6, 6.07) is 15.0. The lowest BCUT2D eigenvalue weighted by molar-refractivity contribution is -0.122. The zero-order chi connectivity index (χ0) is 18.8. The van der Waals surface area contributed by atoms with Gasteiger partial charge in [0.05, 0.1) is 23.8 Å². The maximum absolute atomic E-state index is 12.3. The Hall–Kier alpha value is -3.35. The molecule has 0 bridgehead atoms. The molecule has 4 aromatic rings. The molecular weight excluding hydrogens is 344 g/mol. The molecule has 0 radical (unpaired) electrons. The molecule has 27 heavy (non-hydrogen) atoms. The fourth-order valence-corrected chi connectivity index (χ4v) is 3.26. The number of hydrogen-bond donors (Lipinski definition) is 1. The topological polar surface area (TPSA) is 82.1 Å². The summed E-state index contributed by atoms with van der Waals surface area (Å²) in [5.41, 5.74) is 2.29. The summed E-state index contributed by atoms with van der Waals surface area (Å²) in [7, 11) is 0. The first-order valence-corrected chi connectivity index (χ1v) is 8.90. The molecule has 0 aliphatic carbocycles. The second-order valence-electron chi connectivity index (χ2n) is 6.59. The molecule has 2 aromatic heterocycles. The number of carbonyl (C=O) groups excluding carboxylic acids is 1. The van der Waals surface area contributed by atoms with Gasteiger partial charge in [-0.25, -0.2) is 4.79 Å². The van der Waals surface area contributed by atoms with Crippen molar-refractivity contribution in [1.29, 1.82) is 0 Å². The second-order valence-corrected chi connectivity index (χ2v) is 6.59. The lowest BCUT2D eigenvalue weighted by Gasteiger charge is -2.14. The molecule has 0 fully saturated rings. The summed E-state index contributed by atoms with van der Waals surface area (Å²) in [5, 5.41) is 8.32. The van der Waals surface area contributed by atoms with E-state index in [9.17, 15) is 9.59 Å². The number of carbonyl (C=O) groups is 1. The van der Waals surface area contributed by atoms with E-state index >= 15 is 0 Å². The number of para-hydroxylation sites is 3. The van der Waals surface area contributed by atoms with Gasteiger partial charge in [-0.15, -0.1) is 0 Å². The standard InChI is InChI=1S/C20H20N4O3/c1-14(13-23-17-8-4-5-9-18(17)27-20(23)26)22-19(25)10-11-24-16-7-3-2-6-15(16)12-21-24/h2-9,12,14H,10-11,13H2,1H3,(H,22,25)/t14-/m1/s1. The number of aromatic nitrogens is 3. The number of oxazole rings is 1. The quantitative estimate of drug-likeness (QED) is 0.570. The van der Waals surface area contributed by atoms with Crippen molar-refractivity contribution >= 4 is 27.9 Å². The Morgan fingerprint density at radius 1 is 1.15 bits per heavy atom. The largest absolute Gasteiger partial charge is 0.420 e. The predicted octanol–water partition coefficient (Wildman–Crippen LogP) is 2.54. The van der Waals surface area contributed by atoms with E-state index in [0.717, 1.165) is 16.4 Å². The molecule has 0 saturated heterocycles. The van der Waals surface area contributed by atoms with Crippen LogP contribution < -0.4 is 11.1 Å². The van der Waals surface area contributed by atoms with Crippen LogP contribution in [0.15, 0.2) is 63.9 Å². The molecule has 0 aliphatic heterocycles. The Balaban J connectivity index is 1.38. The molecule has 4 rings (SSSR count). The van der Waals surface area contributed by atoms with Crippen LogP contribution in [0.1, 0.15) is 13.3 Å². The molecular formula is C20H20N4O3. The Labute approximate surface area is 155 Å². The molecule has 138 valence electrons. The first-order valence-electron chi connectivity index (χ1n) is 8.90. The van der Waals surface area contributed by atoms with Crippen molar-refractivity contribution in [3.05, 3.63) is 65.3 Å². The summed E-state index contributed by atoms with van der Waals surface area (Å²) >= 11 is 0. The molecule has 1 atom stereocenters. The SMILES string of the molecule is C[C@H](Cn1c(=O)oc2ccccc21)NC(=O)CCn1ncc2ccccc21. The average Bonchev–Trinajstić information content (AvgIpc) is 3.21. The molecule has 0 unspecified atom stereocenters. The molecule has 2 aromatic carbocycles. The highest BCUT2D eigenvalue weighted by molar-refractivity contribution is 5.79. The predicted molar refractivity (Wildman–Crippen MR) is 102 cm³/mol. The minimum Gasteiger partial charge on any atom is -0.408 e. The van der Waals surface area contributed by atoms with Gasteiger partial charge in [0, 0.05) is 24.4 Å². The average molecular weight is 364 g/mol. The Kier molecular flexibility index (Phi) is 4.50. The molecule has 1 N–H and O–H groups in total. The smallest absolute Gasteiger partial charge is 0.408 e. The summed E-state index contributed by atoms with van der Waals surface area (Å²) < 4.78 is 8.60. The number of hydrogen-bond acceptors (Lipinski definition) is 4. The molecule has 0 saturated carbocycles. The van der Waals surface area contributed by atoms with Crippen LogP contribution in [0.3, 0.4) is 0 Å². The van der Waals surface area contributed by atoms with Crippen molar-refractivity contribution < 1.29 is 9.21 Å². The third-order valence-electron chi connectivity index (χ3n) is 4.54. The van der Waals surface area contributed by atoms with Gasteiger partial charge in [-0.2, -0.15) is 5.10 Å². The highest BCUT2D eigenvalue weighted by atomic mass is 16.4. The van der Waals surface area contributed by atoms with Gasteiger partial charge < -0.3 is 9.73 Å². The monoisotopic (exact) mass is 364 g/mol. The van der Waals surface area contributed by atoms with E-state index in [0.29, 0.717) is 25.1 Å². The van der Waals surface area contributed by atoms with E-state index in [2.05, 4.69) is 10.4 Å². The number of benzene rings is 2. The van der Waals surface area contributed by atoms with Crippen molar-refractivity contribution in [1.82, 2.24) is 19.7 Å². The molecule has 7 heteroatoms. The van der Waals surface area contributed by atoms with Gasteiger partial charge in [0.2, 0.25) is 5.91 Å². The van der Waals surface area contributed by atoms with Gasteiger partial charge in [-0.05, 0) is 25.1 Å². The molecule has 2 heterocycles. The van der Waals surface area contributed by atoms with Crippen LogP contribution >= 0.6 is 0 Å². The van der Waals surface area contributed by atoms with Crippen LogP contribution in [0.5, 0.6) is 0 Å². The first kappa shape index (κ1) is 17.1. The van der Waals surface area contributed by atoms with Crippen molar-refractivity contribution in [3.8, 4) is 0 Å². The third-order valence-corrected chi connectivity index (χ3v) is 4.54. The van der Waals surface area contributed by atoms with Crippen LogP contribution in [0.2, 0.25) is 0 Å². The minimum atomic E-state index is -0.416. The summed E-state index contributed by atoms with van der Waals surface area (Å²) in [6.07, 6.45) is 2.11. The van der Waals surface area contributed by atoms with Crippen molar-refractivity contribution in [2.75, 3.05) is 0 Å². The van der Waals surface area contributed by atoms with Gasteiger partial charge in [0.25, 0.3) is 0 Å². The van der Waals surface area contributed by atoms with Crippen LogP contribution in [0.25, 0.3) is 22.0 Å². The van der Waals surface area contributed by atoms with Gasteiger partial charge in [0.15, 0.2) is 5.58 Å². The maximum Gasteiger partial charge on any atom is 0.420 e. The van der Waals surface area contributed by atoms with E-state index < -0.39 is 5.76 Å². The number of nitrogens with zero attached hydrogens (tertiary/aromatic N) is 3. The van der Waals surface area contributed by atoms with Crippen LogP contribution in [-0.2, 0) is 17.9 Å². The first-order chi connectivity index (χ1) is 13.1. The van der Waals surface area contributed by atoms with E-state index in [-0.39, 0.29) is 11.9 Å². The van der Waals surface area contributed by atoms with E-state index in [1.54, 1.807) is 16.8 Å². The fourth-order valence-electron chi connectivity index (χ4n) is 3.26. The summed E-state index contributed by atoms with van der Waals surface area (Å²) in [4.78, 5) is 24.3. The summed E-state index contributed by atoms with van der Waals surface area (Å²) in [6.45, 7) is 2.72. The van der Waals surface area contributed by atoms with Gasteiger partial charge >= 0.3 is 5.76 Å². The van der Waals surface area contributed by atoms with Gasteiger partial charge in [-0.3, -0.25) is 14.0 Å². The number of fused-ring (bicyclic) bond motifs is 2. The van der Waals surface area contributed by atoms with Crippen molar-refractivity contribution in [3.63, 3.8) is 0 Å². The van der Waals surface area contributed by atoms with Gasteiger partial charge in [0.1, 0.15) is 0 Å². The lowest BCUT2D eigenvalue weighted by atomic mass is 10.2. The van der Waals surface area contributed by atoms with E-state index in [1.807, 2.05) is 54.1 Å². The third kappa shape index (κ3) is 3.48. The Morgan fingerprint density at radius 2 is 1.89 bits per heavy atom. The Morgan fingerprint density at radius 3 is 2.74 bits per heavy atom. The fraction of sp³-hybridized carbons (Fsp3) is 0.250. The second kappa shape index (κ2) is 7.11. The highest BCUT2D eigenvalue weighted by Crippen LogP contribution is 2.13. The van der Waals surface area contributed by atoms with Crippen molar-refractivity contribution in [2.24, 2.45) is 0 Å². The van der Waals surface area contributed by atoms with Crippen LogP contribution in [0, 0.1) is 0 Å². The zero-order valence-corrected chi connectivity index (χ0v) is 15.0. The summed E-state index contributed by atoms with van der Waals surface area (Å²) in [5.74, 6) is -0.497. The van der Waals surface area contributed by atoms with Crippen LogP contribution in [0.4, 0.5) is 0 Å². The number of aryl methyl sites for hydroxylation is 1. The lowest BCUT2D eigenvalue weighted by Crippen LogP contribution is -2.37. The molecule has 1 amide bonds. The van der Waals surface area contributed by atoms with E-state index in [4.69, 9.17) is 4.42 Å². The van der Waals surface area contributed by atoms with E-state index in [1.165, 1.54) is 0 Å². The van der Waals surface area contributed by atoms with Gasteiger partial charge in [-0.1, -0.05) is 30.3 Å². The van der Waals surface area contributed by atoms with Crippen LogP contribution in [-0.4, -0.2) is 26.3 Å². The molecule has 0 spiro atoms. The zero-order valence-electron chi connectivity index (χ0n) is 15.0. The molecule has 7 nitrogen and oxygen atoms in total. The number of amides is 1. The number of nitrogens with one attached hydrogen (secondary N) is 1. The normalized spacial score (nSPS) is 12.5. The number of rotatable bonds is 6.